The molecule has 27 heavy (non-hydrogen) atoms. The molecule has 0 bridgehead atoms. The number of carboxylic acid groups (broad SMARTS) is 1. The van der Waals surface area contributed by atoms with Crippen LogP contribution in [0.15, 0.2) is 60.7 Å². The normalized spacial score (nSPS) is 12.9. The van der Waals surface area contributed by atoms with E-state index in [1.807, 2.05) is 30.3 Å². The number of benzene rings is 2. The lowest BCUT2D eigenvalue weighted by Gasteiger charge is -2.23. The third-order valence-electron chi connectivity index (χ3n) is 4.17. The molecule has 2 atom stereocenters. The summed E-state index contributed by atoms with van der Waals surface area (Å²) in [5, 5.41) is 14.6. The van der Waals surface area contributed by atoms with Gasteiger partial charge in [0.25, 0.3) is 5.91 Å². The number of hydrogen-bond donors (Lipinski definition) is 3. The molecule has 0 heterocycles. The lowest BCUT2D eigenvalue weighted by atomic mass is 10.0. The first kappa shape index (κ1) is 20.2. The first-order valence-electron chi connectivity index (χ1n) is 8.81. The van der Waals surface area contributed by atoms with Crippen LogP contribution in [0.25, 0.3) is 0 Å². The Morgan fingerprint density at radius 2 is 1.44 bits per heavy atom. The number of carbonyl (C=O) groups is 3. The molecular weight excluding hydrogens is 344 g/mol. The highest BCUT2D eigenvalue weighted by Gasteiger charge is 2.28. The van der Waals surface area contributed by atoms with Crippen molar-refractivity contribution in [3.05, 3.63) is 71.8 Å². The van der Waals surface area contributed by atoms with E-state index in [4.69, 9.17) is 0 Å². The molecule has 2 rings (SSSR count). The molecule has 0 spiro atoms. The second-order valence-corrected chi connectivity index (χ2v) is 6.65. The first-order chi connectivity index (χ1) is 12.9. The van der Waals surface area contributed by atoms with Crippen molar-refractivity contribution in [3.8, 4) is 0 Å². The maximum atomic E-state index is 12.7. The summed E-state index contributed by atoms with van der Waals surface area (Å²) in [5.74, 6) is -2.30. The molecule has 3 N–H and O–H groups in total. The standard InChI is InChI=1S/C21H24N2O4/c1-14(2)18(21(26)27)23-20(25)17(13-15-9-5-3-6-10-15)22-19(24)16-11-7-4-8-12-16/h3-12,14,17-18H,13H2,1-2H3,(H,22,24)(H,23,25)(H,26,27)/t17-,18-/m0/s1. The van der Waals surface area contributed by atoms with Crippen LogP contribution in [0, 0.1) is 5.92 Å². The van der Waals surface area contributed by atoms with E-state index in [2.05, 4.69) is 10.6 Å². The predicted molar refractivity (Wildman–Crippen MR) is 102 cm³/mol. The van der Waals surface area contributed by atoms with E-state index in [1.54, 1.807) is 44.2 Å². The van der Waals surface area contributed by atoms with Gasteiger partial charge in [-0.05, 0) is 23.6 Å². The summed E-state index contributed by atoms with van der Waals surface area (Å²) in [6.45, 7) is 3.43. The molecule has 0 aliphatic rings. The van der Waals surface area contributed by atoms with Crippen molar-refractivity contribution >= 4 is 17.8 Å². The number of carbonyl (C=O) groups excluding carboxylic acids is 2. The Morgan fingerprint density at radius 3 is 1.96 bits per heavy atom. The highest BCUT2D eigenvalue weighted by molar-refractivity contribution is 5.98. The molecule has 0 aliphatic carbocycles. The maximum absolute atomic E-state index is 12.7. The zero-order valence-electron chi connectivity index (χ0n) is 15.4. The van der Waals surface area contributed by atoms with Gasteiger partial charge in [-0.1, -0.05) is 62.4 Å². The van der Waals surface area contributed by atoms with Gasteiger partial charge in [-0.3, -0.25) is 9.59 Å². The van der Waals surface area contributed by atoms with Gasteiger partial charge in [0.05, 0.1) is 0 Å². The van der Waals surface area contributed by atoms with E-state index in [9.17, 15) is 19.5 Å². The van der Waals surface area contributed by atoms with Crippen LogP contribution in [0.4, 0.5) is 0 Å². The van der Waals surface area contributed by atoms with Crippen LogP contribution < -0.4 is 10.6 Å². The molecule has 142 valence electrons. The first-order valence-corrected chi connectivity index (χ1v) is 8.81. The third kappa shape index (κ3) is 5.95. The summed E-state index contributed by atoms with van der Waals surface area (Å²) in [7, 11) is 0. The van der Waals surface area contributed by atoms with E-state index >= 15 is 0 Å². The molecule has 0 aliphatic heterocycles. The summed E-state index contributed by atoms with van der Waals surface area (Å²) >= 11 is 0. The zero-order valence-corrected chi connectivity index (χ0v) is 15.4. The minimum absolute atomic E-state index is 0.260. The molecule has 6 heteroatoms. The number of carboxylic acids is 1. The summed E-state index contributed by atoms with van der Waals surface area (Å²) in [5.41, 5.74) is 1.30. The van der Waals surface area contributed by atoms with Gasteiger partial charge in [-0.15, -0.1) is 0 Å². The van der Waals surface area contributed by atoms with Gasteiger partial charge in [0.2, 0.25) is 5.91 Å². The van der Waals surface area contributed by atoms with Gasteiger partial charge in [0, 0.05) is 12.0 Å². The number of amides is 2. The summed E-state index contributed by atoms with van der Waals surface area (Å²) < 4.78 is 0. The minimum Gasteiger partial charge on any atom is -0.480 e. The average Bonchev–Trinajstić information content (AvgIpc) is 2.66. The van der Waals surface area contributed by atoms with Gasteiger partial charge in [-0.25, -0.2) is 4.79 Å². The molecule has 0 saturated heterocycles. The number of rotatable bonds is 8. The Morgan fingerprint density at radius 1 is 0.889 bits per heavy atom. The molecular formula is C21H24N2O4. The second-order valence-electron chi connectivity index (χ2n) is 6.65. The maximum Gasteiger partial charge on any atom is 0.326 e. The second kappa shape index (κ2) is 9.52. The van der Waals surface area contributed by atoms with Crippen molar-refractivity contribution in [2.24, 2.45) is 5.92 Å². The molecule has 0 fully saturated rings. The molecule has 2 aromatic rings. The summed E-state index contributed by atoms with van der Waals surface area (Å²) in [6.07, 6.45) is 0.260. The molecule has 0 saturated carbocycles. The molecule has 0 unspecified atom stereocenters. The van der Waals surface area contributed by atoms with Crippen LogP contribution in [-0.2, 0) is 16.0 Å². The zero-order chi connectivity index (χ0) is 19.8. The molecule has 2 aromatic carbocycles. The van der Waals surface area contributed by atoms with Gasteiger partial charge in [0.15, 0.2) is 0 Å². The Bertz CT molecular complexity index is 775. The van der Waals surface area contributed by atoms with Crippen molar-refractivity contribution in [3.63, 3.8) is 0 Å². The van der Waals surface area contributed by atoms with Crippen LogP contribution in [0.2, 0.25) is 0 Å². The number of nitrogens with one attached hydrogen (secondary N) is 2. The molecule has 2 amide bonds. The fourth-order valence-corrected chi connectivity index (χ4v) is 2.66. The predicted octanol–water partition coefficient (Wildman–Crippen LogP) is 2.25. The fourth-order valence-electron chi connectivity index (χ4n) is 2.66. The highest BCUT2D eigenvalue weighted by Crippen LogP contribution is 2.08. The van der Waals surface area contributed by atoms with Crippen LogP contribution in [-0.4, -0.2) is 35.0 Å². The lowest BCUT2D eigenvalue weighted by molar-refractivity contribution is -0.143. The van der Waals surface area contributed by atoms with E-state index < -0.39 is 24.0 Å². The van der Waals surface area contributed by atoms with Crippen LogP contribution in [0.1, 0.15) is 29.8 Å². The van der Waals surface area contributed by atoms with E-state index in [0.717, 1.165) is 5.56 Å². The quantitative estimate of drug-likeness (QED) is 0.666. The largest absolute Gasteiger partial charge is 0.480 e. The van der Waals surface area contributed by atoms with Crippen molar-refractivity contribution in [1.82, 2.24) is 10.6 Å². The van der Waals surface area contributed by atoms with Gasteiger partial charge >= 0.3 is 5.97 Å². The van der Waals surface area contributed by atoms with Gasteiger partial charge in [-0.2, -0.15) is 0 Å². The monoisotopic (exact) mass is 368 g/mol. The Labute approximate surface area is 158 Å². The van der Waals surface area contributed by atoms with Crippen molar-refractivity contribution < 1.29 is 19.5 Å². The molecule has 6 nitrogen and oxygen atoms in total. The number of aliphatic carboxylic acids is 1. The minimum atomic E-state index is -1.11. The fraction of sp³-hybridized carbons (Fsp3) is 0.286. The van der Waals surface area contributed by atoms with Crippen LogP contribution in [0.3, 0.4) is 0 Å². The van der Waals surface area contributed by atoms with Crippen LogP contribution >= 0.6 is 0 Å². The van der Waals surface area contributed by atoms with E-state index in [-0.39, 0.29) is 18.2 Å². The van der Waals surface area contributed by atoms with E-state index in [1.165, 1.54) is 0 Å². The van der Waals surface area contributed by atoms with E-state index in [0.29, 0.717) is 5.56 Å². The summed E-state index contributed by atoms with van der Waals surface area (Å²) in [6, 6.07) is 15.9. The topological polar surface area (TPSA) is 95.5 Å². The smallest absolute Gasteiger partial charge is 0.326 e. The lowest BCUT2D eigenvalue weighted by Crippen LogP contribution is -2.53. The Kier molecular flexibility index (Phi) is 7.11. The van der Waals surface area contributed by atoms with Crippen LogP contribution in [0.5, 0.6) is 0 Å². The van der Waals surface area contributed by atoms with Crippen molar-refractivity contribution in [2.45, 2.75) is 32.4 Å². The van der Waals surface area contributed by atoms with Crippen molar-refractivity contribution in [2.75, 3.05) is 0 Å². The number of hydrogen-bond acceptors (Lipinski definition) is 3. The highest BCUT2D eigenvalue weighted by atomic mass is 16.4. The third-order valence-corrected chi connectivity index (χ3v) is 4.17. The molecule has 0 radical (unpaired) electrons. The molecule has 0 aromatic heterocycles. The Hall–Kier alpha value is -3.15. The SMILES string of the molecule is CC(C)[C@H](NC(=O)[C@H](Cc1ccccc1)NC(=O)c1ccccc1)C(=O)O. The van der Waals surface area contributed by atoms with Gasteiger partial charge in [0.1, 0.15) is 12.1 Å². The summed E-state index contributed by atoms with van der Waals surface area (Å²) in [4.78, 5) is 36.6. The van der Waals surface area contributed by atoms with Crippen molar-refractivity contribution in [1.29, 1.82) is 0 Å². The Balaban J connectivity index is 2.19. The van der Waals surface area contributed by atoms with Gasteiger partial charge < -0.3 is 15.7 Å². The average molecular weight is 368 g/mol.